The van der Waals surface area contributed by atoms with E-state index in [2.05, 4.69) is 47.0 Å². The molecule has 1 aromatic rings. The predicted molar refractivity (Wildman–Crippen MR) is 74.0 cm³/mol. The molecule has 88 valence electrons. The van der Waals surface area contributed by atoms with Gasteiger partial charge in [0.05, 0.1) is 0 Å². The van der Waals surface area contributed by atoms with E-state index in [9.17, 15) is 0 Å². The Morgan fingerprint density at radius 3 is 2.44 bits per heavy atom. The lowest BCUT2D eigenvalue weighted by molar-refractivity contribution is 0.929. The first-order valence-corrected chi connectivity index (χ1v) is 6.17. The molecule has 1 rings (SSSR count). The largest absolute Gasteiger partial charge is 0.370 e. The summed E-state index contributed by atoms with van der Waals surface area (Å²) >= 11 is 3.53. The van der Waals surface area contributed by atoms with E-state index in [1.807, 2.05) is 12.1 Å². The zero-order valence-electron chi connectivity index (χ0n) is 9.97. The van der Waals surface area contributed by atoms with E-state index < -0.39 is 0 Å². The Bertz CT molecular complexity index is 376. The monoisotopic (exact) mass is 283 g/mol. The van der Waals surface area contributed by atoms with Crippen molar-refractivity contribution in [3.05, 3.63) is 27.7 Å². The van der Waals surface area contributed by atoms with Gasteiger partial charge in [-0.25, -0.2) is 0 Å². The van der Waals surface area contributed by atoms with Crippen LogP contribution in [0.25, 0.3) is 0 Å². The maximum Gasteiger partial charge on any atom is 0.193 e. The first-order chi connectivity index (χ1) is 7.54. The molecule has 0 amide bonds. The second-order valence-corrected chi connectivity index (χ2v) is 4.61. The molecule has 1 aromatic carbocycles. The zero-order chi connectivity index (χ0) is 12.1. The van der Waals surface area contributed by atoms with Crippen molar-refractivity contribution in [1.29, 1.82) is 0 Å². The Morgan fingerprint density at radius 1 is 1.38 bits per heavy atom. The van der Waals surface area contributed by atoms with Crippen LogP contribution < -0.4 is 11.1 Å². The Balaban J connectivity index is 2.82. The summed E-state index contributed by atoms with van der Waals surface area (Å²) in [5.74, 6) is 0.475. The molecule has 0 saturated carbocycles. The summed E-state index contributed by atoms with van der Waals surface area (Å²) in [6, 6.07) is 4.09. The molecule has 0 atom stereocenters. The molecule has 3 nitrogen and oxygen atoms in total. The summed E-state index contributed by atoms with van der Waals surface area (Å²) in [4.78, 5) is 4.19. The maximum atomic E-state index is 5.76. The van der Waals surface area contributed by atoms with Gasteiger partial charge in [-0.2, -0.15) is 0 Å². The minimum atomic E-state index is 0.475. The van der Waals surface area contributed by atoms with Crippen molar-refractivity contribution in [1.82, 2.24) is 0 Å². The van der Waals surface area contributed by atoms with E-state index >= 15 is 0 Å². The van der Waals surface area contributed by atoms with Gasteiger partial charge in [0.1, 0.15) is 0 Å². The predicted octanol–water partition coefficient (Wildman–Crippen LogP) is 3.20. The molecule has 0 radical (unpaired) electrons. The summed E-state index contributed by atoms with van der Waals surface area (Å²) in [5.41, 5.74) is 9.11. The van der Waals surface area contributed by atoms with E-state index in [1.165, 1.54) is 11.1 Å². The van der Waals surface area contributed by atoms with Gasteiger partial charge >= 0.3 is 0 Å². The molecule has 0 aromatic heterocycles. The van der Waals surface area contributed by atoms with Crippen LogP contribution >= 0.6 is 15.9 Å². The fourth-order valence-corrected chi connectivity index (χ4v) is 1.67. The average Bonchev–Trinajstić information content (AvgIpc) is 2.23. The smallest absolute Gasteiger partial charge is 0.193 e. The van der Waals surface area contributed by atoms with Crippen molar-refractivity contribution in [2.24, 2.45) is 10.7 Å². The second-order valence-electron chi connectivity index (χ2n) is 3.82. The maximum absolute atomic E-state index is 5.76. The molecule has 0 spiro atoms. The van der Waals surface area contributed by atoms with E-state index in [-0.39, 0.29) is 0 Å². The number of rotatable bonds is 3. The summed E-state index contributed by atoms with van der Waals surface area (Å²) in [5, 5.41) is 3.09. The quantitative estimate of drug-likeness (QED) is 0.661. The Labute approximate surface area is 105 Å². The third-order valence-corrected chi connectivity index (χ3v) is 3.47. The highest BCUT2D eigenvalue weighted by Crippen LogP contribution is 2.24. The van der Waals surface area contributed by atoms with E-state index in [4.69, 9.17) is 5.73 Å². The lowest BCUT2D eigenvalue weighted by Gasteiger charge is -2.09. The fraction of sp³-hybridized carbons (Fsp3) is 0.417. The summed E-state index contributed by atoms with van der Waals surface area (Å²) < 4.78 is 1.14. The number of guanidine groups is 1. The highest BCUT2D eigenvalue weighted by Gasteiger charge is 2.02. The number of hydrogen-bond donors (Lipinski definition) is 2. The third kappa shape index (κ3) is 3.52. The SMILES string of the molecule is CCCN=C(N)Nc1cc(C)c(Br)c(C)c1. The topological polar surface area (TPSA) is 50.4 Å². The first-order valence-electron chi connectivity index (χ1n) is 5.38. The molecule has 3 N–H and O–H groups in total. The number of hydrogen-bond acceptors (Lipinski definition) is 1. The van der Waals surface area contributed by atoms with Crippen LogP contribution in [0.15, 0.2) is 21.6 Å². The van der Waals surface area contributed by atoms with E-state index in [0.717, 1.165) is 23.1 Å². The van der Waals surface area contributed by atoms with Crippen molar-refractivity contribution < 1.29 is 0 Å². The van der Waals surface area contributed by atoms with Crippen molar-refractivity contribution in [2.75, 3.05) is 11.9 Å². The highest BCUT2D eigenvalue weighted by molar-refractivity contribution is 9.10. The number of anilines is 1. The summed E-state index contributed by atoms with van der Waals surface area (Å²) in [6.45, 7) is 6.95. The fourth-order valence-electron chi connectivity index (χ4n) is 1.44. The molecular formula is C12H18BrN3. The van der Waals surface area contributed by atoms with E-state index in [0.29, 0.717) is 5.96 Å². The van der Waals surface area contributed by atoms with Gasteiger partial charge in [-0.1, -0.05) is 22.9 Å². The number of nitrogens with two attached hydrogens (primary N) is 1. The normalized spacial score (nSPS) is 11.6. The summed E-state index contributed by atoms with van der Waals surface area (Å²) in [7, 11) is 0. The van der Waals surface area contributed by atoms with Crippen LogP contribution in [0.1, 0.15) is 24.5 Å². The molecule has 0 bridgehead atoms. The van der Waals surface area contributed by atoms with Crippen LogP contribution in [0.2, 0.25) is 0 Å². The zero-order valence-corrected chi connectivity index (χ0v) is 11.6. The van der Waals surface area contributed by atoms with Crippen LogP contribution in [0.5, 0.6) is 0 Å². The second kappa shape index (κ2) is 5.89. The van der Waals surface area contributed by atoms with Crippen LogP contribution in [-0.2, 0) is 0 Å². The standard InChI is InChI=1S/C12H18BrN3/c1-4-5-15-12(14)16-10-6-8(2)11(13)9(3)7-10/h6-7H,4-5H2,1-3H3,(H3,14,15,16). The Kier molecular flexibility index (Phi) is 4.80. The van der Waals surface area contributed by atoms with Crippen molar-refractivity contribution >= 4 is 27.6 Å². The molecule has 16 heavy (non-hydrogen) atoms. The minimum absolute atomic E-state index is 0.475. The van der Waals surface area contributed by atoms with Gasteiger partial charge in [0.25, 0.3) is 0 Å². The van der Waals surface area contributed by atoms with Gasteiger partial charge in [-0.3, -0.25) is 4.99 Å². The minimum Gasteiger partial charge on any atom is -0.370 e. The number of benzene rings is 1. The average molecular weight is 284 g/mol. The van der Waals surface area contributed by atoms with Gasteiger partial charge in [0.15, 0.2) is 5.96 Å². The number of nitrogens with zero attached hydrogens (tertiary/aromatic N) is 1. The van der Waals surface area contributed by atoms with E-state index in [1.54, 1.807) is 0 Å². The highest BCUT2D eigenvalue weighted by atomic mass is 79.9. The molecular weight excluding hydrogens is 266 g/mol. The molecule has 0 aliphatic rings. The van der Waals surface area contributed by atoms with Gasteiger partial charge in [0, 0.05) is 16.7 Å². The van der Waals surface area contributed by atoms with Crippen molar-refractivity contribution in [2.45, 2.75) is 27.2 Å². The van der Waals surface area contributed by atoms with Crippen LogP contribution in [-0.4, -0.2) is 12.5 Å². The van der Waals surface area contributed by atoms with Crippen molar-refractivity contribution in [3.8, 4) is 0 Å². The third-order valence-electron chi connectivity index (χ3n) is 2.21. The van der Waals surface area contributed by atoms with Gasteiger partial charge in [-0.05, 0) is 43.5 Å². The Morgan fingerprint density at radius 2 is 1.94 bits per heavy atom. The molecule has 0 heterocycles. The molecule has 0 fully saturated rings. The molecule has 0 saturated heterocycles. The number of aryl methyl sites for hydroxylation is 2. The first kappa shape index (κ1) is 13.0. The summed E-state index contributed by atoms with van der Waals surface area (Å²) in [6.07, 6.45) is 1.00. The lowest BCUT2D eigenvalue weighted by Crippen LogP contribution is -2.22. The number of aliphatic imine (C=N–C) groups is 1. The number of nitrogens with one attached hydrogen (secondary N) is 1. The number of halogens is 1. The van der Waals surface area contributed by atoms with Gasteiger partial charge < -0.3 is 11.1 Å². The molecule has 0 unspecified atom stereocenters. The van der Waals surface area contributed by atoms with Crippen LogP contribution in [0, 0.1) is 13.8 Å². The van der Waals surface area contributed by atoms with Gasteiger partial charge in [-0.15, -0.1) is 0 Å². The molecule has 0 aliphatic heterocycles. The lowest BCUT2D eigenvalue weighted by atomic mass is 10.1. The van der Waals surface area contributed by atoms with Gasteiger partial charge in [0.2, 0.25) is 0 Å². The Hall–Kier alpha value is -1.03. The van der Waals surface area contributed by atoms with Crippen molar-refractivity contribution in [3.63, 3.8) is 0 Å². The van der Waals surface area contributed by atoms with Crippen LogP contribution in [0.3, 0.4) is 0 Å². The molecule has 4 heteroatoms. The molecule has 0 aliphatic carbocycles. The van der Waals surface area contributed by atoms with Crippen LogP contribution in [0.4, 0.5) is 5.69 Å².